The first-order valence-corrected chi connectivity index (χ1v) is 6.84. The van der Waals surface area contributed by atoms with Crippen LogP contribution in [-0.4, -0.2) is 11.0 Å². The van der Waals surface area contributed by atoms with Crippen LogP contribution in [0, 0.1) is 0 Å². The maximum atomic E-state index is 12.2. The molecule has 0 amide bonds. The number of aromatic nitrogens is 1. The Balaban J connectivity index is 2.09. The molecule has 0 radical (unpaired) electrons. The van der Waals surface area contributed by atoms with Crippen molar-refractivity contribution in [2.45, 2.75) is 25.8 Å². The van der Waals surface area contributed by atoms with E-state index >= 15 is 0 Å². The predicted octanol–water partition coefficient (Wildman–Crippen LogP) is 3.04. The van der Waals surface area contributed by atoms with E-state index in [2.05, 4.69) is 17.2 Å². The Morgan fingerprint density at radius 1 is 1.35 bits per heavy atom. The van der Waals surface area contributed by atoms with E-state index in [-0.39, 0.29) is 5.43 Å². The van der Waals surface area contributed by atoms with Crippen LogP contribution in [0.4, 0.5) is 5.69 Å². The lowest BCUT2D eigenvalue weighted by Crippen LogP contribution is -2.28. The summed E-state index contributed by atoms with van der Waals surface area (Å²) in [6.07, 6.45) is 1.86. The molecule has 0 fully saturated rings. The van der Waals surface area contributed by atoms with Crippen LogP contribution in [0.3, 0.4) is 0 Å². The van der Waals surface area contributed by atoms with Gasteiger partial charge in [-0.25, -0.2) is 4.98 Å². The van der Waals surface area contributed by atoms with E-state index in [1.807, 2.05) is 24.3 Å². The molecule has 0 spiro atoms. The van der Waals surface area contributed by atoms with E-state index in [4.69, 9.17) is 4.42 Å². The summed E-state index contributed by atoms with van der Waals surface area (Å²) in [4.78, 5) is 16.9. The van der Waals surface area contributed by atoms with Gasteiger partial charge in [-0.2, -0.15) is 0 Å². The van der Waals surface area contributed by atoms with Crippen molar-refractivity contribution in [3.05, 3.63) is 46.1 Å². The van der Waals surface area contributed by atoms with Crippen molar-refractivity contribution < 1.29 is 4.42 Å². The standard InChI is InChI=1S/C16H14N2O2/c1-9-6-7-10-15(17-9)12(19)8-14-16(10)18-11-4-2-3-5-13(11)20-14/h2-5,8-9,17H,6-7H2,1H3. The van der Waals surface area contributed by atoms with Crippen molar-refractivity contribution in [1.82, 2.24) is 4.98 Å². The van der Waals surface area contributed by atoms with Crippen LogP contribution in [0.1, 0.15) is 18.9 Å². The maximum Gasteiger partial charge on any atom is 0.205 e. The van der Waals surface area contributed by atoms with Gasteiger partial charge in [0.1, 0.15) is 11.2 Å². The van der Waals surface area contributed by atoms with Crippen LogP contribution in [0.15, 0.2) is 39.5 Å². The fraction of sp³-hybridized carbons (Fsp3) is 0.250. The molecule has 2 heterocycles. The summed E-state index contributed by atoms with van der Waals surface area (Å²) in [6, 6.07) is 9.49. The minimum atomic E-state index is -0.0140. The van der Waals surface area contributed by atoms with Crippen molar-refractivity contribution in [3.8, 4) is 11.5 Å². The zero-order valence-electron chi connectivity index (χ0n) is 11.1. The minimum absolute atomic E-state index is 0.0140. The SMILES string of the molecule is CC1CCc2c3nc4ccccc4oc-3cc(=O)c2N1. The van der Waals surface area contributed by atoms with Gasteiger partial charge >= 0.3 is 0 Å². The third-order valence-electron chi connectivity index (χ3n) is 3.87. The summed E-state index contributed by atoms with van der Waals surface area (Å²) < 4.78 is 5.83. The number of fused-ring (bicyclic) bond motifs is 4. The van der Waals surface area contributed by atoms with Crippen molar-refractivity contribution >= 4 is 16.8 Å². The molecule has 4 rings (SSSR count). The summed E-state index contributed by atoms with van der Waals surface area (Å²) in [6.45, 7) is 2.09. The second kappa shape index (κ2) is 4.07. The first-order chi connectivity index (χ1) is 9.72. The fourth-order valence-corrected chi connectivity index (χ4v) is 2.83. The van der Waals surface area contributed by atoms with Gasteiger partial charge < -0.3 is 9.73 Å². The van der Waals surface area contributed by atoms with Gasteiger partial charge in [0.05, 0.1) is 5.69 Å². The number of nitrogens with zero attached hydrogens (tertiary/aromatic N) is 1. The van der Waals surface area contributed by atoms with Crippen LogP contribution in [0.25, 0.3) is 22.6 Å². The van der Waals surface area contributed by atoms with Gasteiger partial charge in [0.2, 0.25) is 5.43 Å². The van der Waals surface area contributed by atoms with Gasteiger partial charge in [0.25, 0.3) is 0 Å². The molecule has 1 aromatic carbocycles. The quantitative estimate of drug-likeness (QED) is 0.635. The lowest BCUT2D eigenvalue weighted by Gasteiger charge is -2.25. The van der Waals surface area contributed by atoms with E-state index in [0.717, 1.165) is 29.6 Å². The highest BCUT2D eigenvalue weighted by Gasteiger charge is 2.24. The van der Waals surface area contributed by atoms with Crippen LogP contribution in [-0.2, 0) is 6.42 Å². The molecule has 0 bridgehead atoms. The highest BCUT2D eigenvalue weighted by molar-refractivity contribution is 5.79. The lowest BCUT2D eigenvalue weighted by atomic mass is 9.95. The lowest BCUT2D eigenvalue weighted by molar-refractivity contribution is 0.606. The molecule has 2 aliphatic heterocycles. The molecule has 20 heavy (non-hydrogen) atoms. The number of para-hydroxylation sites is 2. The van der Waals surface area contributed by atoms with Gasteiger partial charge in [-0.15, -0.1) is 0 Å². The highest BCUT2D eigenvalue weighted by atomic mass is 16.3. The molecule has 1 atom stereocenters. The average molecular weight is 266 g/mol. The minimum Gasteiger partial charge on any atom is -0.453 e. The van der Waals surface area contributed by atoms with Crippen LogP contribution in [0.2, 0.25) is 0 Å². The third kappa shape index (κ3) is 1.61. The van der Waals surface area contributed by atoms with Crippen LogP contribution < -0.4 is 10.7 Å². The number of nitrogens with one attached hydrogen (secondary N) is 1. The summed E-state index contributed by atoms with van der Waals surface area (Å²) >= 11 is 0. The van der Waals surface area contributed by atoms with E-state index in [9.17, 15) is 4.79 Å². The molecule has 0 aromatic heterocycles. The molecule has 0 saturated heterocycles. The first-order valence-electron chi connectivity index (χ1n) is 6.84. The Kier molecular flexibility index (Phi) is 2.33. The molecule has 1 aromatic rings. The topological polar surface area (TPSA) is 55.1 Å². The zero-order valence-corrected chi connectivity index (χ0v) is 11.1. The Labute approximate surface area is 115 Å². The largest absolute Gasteiger partial charge is 0.453 e. The van der Waals surface area contributed by atoms with Gasteiger partial charge in [-0.3, -0.25) is 4.79 Å². The summed E-state index contributed by atoms with van der Waals surface area (Å²) in [7, 11) is 0. The Bertz CT molecular complexity index is 838. The molecule has 100 valence electrons. The number of benzene rings is 2. The normalized spacial score (nSPS) is 17.9. The van der Waals surface area contributed by atoms with E-state index in [1.165, 1.54) is 0 Å². The summed E-state index contributed by atoms with van der Waals surface area (Å²) in [5.74, 6) is 0.573. The van der Waals surface area contributed by atoms with E-state index < -0.39 is 0 Å². The van der Waals surface area contributed by atoms with E-state index in [1.54, 1.807) is 6.07 Å². The molecule has 0 saturated carbocycles. The predicted molar refractivity (Wildman–Crippen MR) is 78.3 cm³/mol. The summed E-state index contributed by atoms with van der Waals surface area (Å²) in [5, 5.41) is 3.27. The zero-order chi connectivity index (χ0) is 13.7. The second-order valence-corrected chi connectivity index (χ2v) is 5.34. The molecular formula is C16H14N2O2. The van der Waals surface area contributed by atoms with Crippen molar-refractivity contribution in [2.24, 2.45) is 0 Å². The average Bonchev–Trinajstić information content (AvgIpc) is 2.46. The molecule has 1 aliphatic carbocycles. The molecule has 1 unspecified atom stereocenters. The molecular weight excluding hydrogens is 252 g/mol. The van der Waals surface area contributed by atoms with Gasteiger partial charge in [0, 0.05) is 17.7 Å². The van der Waals surface area contributed by atoms with Crippen molar-refractivity contribution in [3.63, 3.8) is 0 Å². The molecule has 4 nitrogen and oxygen atoms in total. The van der Waals surface area contributed by atoms with Crippen LogP contribution in [0.5, 0.6) is 0 Å². The third-order valence-corrected chi connectivity index (χ3v) is 3.87. The van der Waals surface area contributed by atoms with Crippen molar-refractivity contribution in [1.29, 1.82) is 0 Å². The summed E-state index contributed by atoms with van der Waals surface area (Å²) in [5.41, 5.74) is 3.99. The number of rotatable bonds is 0. The Morgan fingerprint density at radius 2 is 2.20 bits per heavy atom. The number of hydrogen-bond donors (Lipinski definition) is 1. The van der Waals surface area contributed by atoms with Crippen molar-refractivity contribution in [2.75, 3.05) is 5.32 Å². The van der Waals surface area contributed by atoms with Gasteiger partial charge in [0.15, 0.2) is 11.3 Å². The number of hydrogen-bond acceptors (Lipinski definition) is 4. The van der Waals surface area contributed by atoms with E-state index in [0.29, 0.717) is 23.1 Å². The fourth-order valence-electron chi connectivity index (χ4n) is 2.83. The first kappa shape index (κ1) is 11.5. The van der Waals surface area contributed by atoms with Crippen LogP contribution >= 0.6 is 0 Å². The molecule has 1 N–H and O–H groups in total. The monoisotopic (exact) mass is 266 g/mol. The van der Waals surface area contributed by atoms with Gasteiger partial charge in [-0.05, 0) is 31.9 Å². The maximum absolute atomic E-state index is 12.2. The second-order valence-electron chi connectivity index (χ2n) is 5.34. The molecule has 3 aliphatic rings. The van der Waals surface area contributed by atoms with Gasteiger partial charge in [-0.1, -0.05) is 12.1 Å². The Morgan fingerprint density at radius 3 is 3.10 bits per heavy atom. The molecule has 4 heteroatoms. The smallest absolute Gasteiger partial charge is 0.205 e. The highest BCUT2D eigenvalue weighted by Crippen LogP contribution is 2.33. The Hall–Kier alpha value is -2.36. The number of anilines is 1.